The van der Waals surface area contributed by atoms with E-state index in [1.807, 2.05) is 0 Å². The molecule has 0 aliphatic carbocycles. The lowest BCUT2D eigenvalue weighted by molar-refractivity contribution is 0.590. The van der Waals surface area contributed by atoms with Gasteiger partial charge in [0.2, 0.25) is 0 Å². The van der Waals surface area contributed by atoms with Crippen molar-refractivity contribution >= 4 is 43.6 Å². The molecule has 0 saturated carbocycles. The molecule has 0 fully saturated rings. The van der Waals surface area contributed by atoms with Crippen LogP contribution in [-0.4, -0.2) is 14.1 Å². The fourth-order valence-corrected chi connectivity index (χ4v) is 6.03. The first kappa shape index (κ1) is 24.7. The molecule has 0 aliphatic rings. The Morgan fingerprint density at radius 1 is 0.425 bits per heavy atom. The quantitative estimate of drug-likeness (QED) is 0.222. The zero-order valence-corrected chi connectivity index (χ0v) is 24.2. The van der Waals surface area contributed by atoms with Gasteiger partial charge in [-0.25, -0.2) is 4.98 Å². The molecule has 3 aromatic heterocycles. The van der Waals surface area contributed by atoms with Gasteiger partial charge in [0, 0.05) is 21.5 Å². The zero-order valence-electron chi connectivity index (χ0n) is 24.2. The topological polar surface area (TPSA) is 22.8 Å². The summed E-state index contributed by atoms with van der Waals surface area (Å²) in [4.78, 5) is 5.37. The average Bonchev–Trinajstić information content (AvgIpc) is 3.44. The Bertz CT molecular complexity index is 1930. The molecule has 0 amide bonds. The Hall–Kier alpha value is -4.37. The summed E-state index contributed by atoms with van der Waals surface area (Å²) in [6.45, 7) is 13.6. The molecule has 0 atom stereocenters. The highest BCUT2D eigenvalue weighted by Gasteiger charge is 2.21. The van der Waals surface area contributed by atoms with Crippen molar-refractivity contribution in [1.29, 1.82) is 0 Å². The van der Waals surface area contributed by atoms with Crippen LogP contribution >= 0.6 is 0 Å². The number of para-hydroxylation sites is 2. The van der Waals surface area contributed by atoms with E-state index in [0.717, 1.165) is 11.6 Å². The molecular formula is C37H35N3. The van der Waals surface area contributed by atoms with E-state index in [9.17, 15) is 0 Å². The van der Waals surface area contributed by atoms with Crippen LogP contribution in [-0.2, 0) is 10.8 Å². The van der Waals surface area contributed by atoms with Crippen LogP contribution in [0.4, 0.5) is 0 Å². The highest BCUT2D eigenvalue weighted by molar-refractivity contribution is 6.10. The van der Waals surface area contributed by atoms with Gasteiger partial charge in [-0.05, 0) is 58.4 Å². The first-order chi connectivity index (χ1) is 19.1. The molecule has 3 heterocycles. The van der Waals surface area contributed by atoms with Gasteiger partial charge < -0.3 is 0 Å². The molecule has 0 unspecified atom stereocenters. The Morgan fingerprint density at radius 3 is 1.25 bits per heavy atom. The number of pyridine rings is 1. The molecule has 0 spiro atoms. The molecular weight excluding hydrogens is 486 g/mol. The molecule has 0 N–H and O–H groups in total. The van der Waals surface area contributed by atoms with Crippen molar-refractivity contribution in [2.45, 2.75) is 52.4 Å². The van der Waals surface area contributed by atoms with Crippen molar-refractivity contribution in [3.63, 3.8) is 0 Å². The van der Waals surface area contributed by atoms with Gasteiger partial charge in [0.25, 0.3) is 0 Å². The van der Waals surface area contributed by atoms with E-state index in [4.69, 9.17) is 4.98 Å². The summed E-state index contributed by atoms with van der Waals surface area (Å²) >= 11 is 0. The lowest BCUT2D eigenvalue weighted by atomic mass is 9.86. The standard InChI is InChI=1S/C37H35N3/c1-36(2,3)24-18-20-28-26-12-7-9-14-30(26)39(32(28)22-24)34-16-11-17-35(38-34)40-31-15-10-8-13-27(31)29-21-19-25(23-33(29)40)37(4,5)6/h7-23H,1-6H3. The molecule has 40 heavy (non-hydrogen) atoms. The van der Waals surface area contributed by atoms with E-state index in [1.54, 1.807) is 0 Å². The van der Waals surface area contributed by atoms with Gasteiger partial charge in [0.15, 0.2) is 0 Å². The Balaban J connectivity index is 1.53. The lowest BCUT2D eigenvalue weighted by Gasteiger charge is -2.20. The number of hydrogen-bond donors (Lipinski definition) is 0. The third-order valence-electron chi connectivity index (χ3n) is 8.26. The molecule has 198 valence electrons. The van der Waals surface area contributed by atoms with Gasteiger partial charge in [-0.15, -0.1) is 0 Å². The summed E-state index contributed by atoms with van der Waals surface area (Å²) in [5.41, 5.74) is 7.47. The number of nitrogens with zero attached hydrogens (tertiary/aromatic N) is 3. The first-order valence-electron chi connectivity index (χ1n) is 14.2. The summed E-state index contributed by atoms with van der Waals surface area (Å²) in [7, 11) is 0. The second kappa shape index (κ2) is 8.56. The van der Waals surface area contributed by atoms with Crippen LogP contribution in [0, 0.1) is 0 Å². The second-order valence-corrected chi connectivity index (χ2v) is 13.0. The third-order valence-corrected chi connectivity index (χ3v) is 8.26. The smallest absolute Gasteiger partial charge is 0.140 e. The molecule has 0 bridgehead atoms. The minimum atomic E-state index is 0.0541. The summed E-state index contributed by atoms with van der Waals surface area (Å²) in [5, 5.41) is 5.00. The number of benzene rings is 4. The molecule has 3 nitrogen and oxygen atoms in total. The molecule has 7 rings (SSSR count). The normalized spacial score (nSPS) is 12.8. The van der Waals surface area contributed by atoms with Crippen LogP contribution in [0.1, 0.15) is 52.7 Å². The Morgan fingerprint density at radius 2 is 0.825 bits per heavy atom. The average molecular weight is 522 g/mol. The Labute approximate surface area is 235 Å². The van der Waals surface area contributed by atoms with Crippen LogP contribution in [0.15, 0.2) is 103 Å². The molecule has 7 aromatic rings. The molecule has 0 radical (unpaired) electrons. The highest BCUT2D eigenvalue weighted by Crippen LogP contribution is 2.37. The first-order valence-corrected chi connectivity index (χ1v) is 14.2. The van der Waals surface area contributed by atoms with E-state index in [0.29, 0.717) is 0 Å². The van der Waals surface area contributed by atoms with Crippen molar-refractivity contribution in [3.8, 4) is 11.6 Å². The number of hydrogen-bond acceptors (Lipinski definition) is 1. The lowest BCUT2D eigenvalue weighted by Crippen LogP contribution is -2.11. The van der Waals surface area contributed by atoms with Crippen LogP contribution < -0.4 is 0 Å². The minimum absolute atomic E-state index is 0.0541. The van der Waals surface area contributed by atoms with Crippen molar-refractivity contribution in [1.82, 2.24) is 14.1 Å². The van der Waals surface area contributed by atoms with E-state index in [-0.39, 0.29) is 10.8 Å². The maximum Gasteiger partial charge on any atom is 0.140 e. The van der Waals surface area contributed by atoms with Gasteiger partial charge in [0.1, 0.15) is 11.6 Å². The van der Waals surface area contributed by atoms with E-state index in [1.165, 1.54) is 54.7 Å². The number of fused-ring (bicyclic) bond motifs is 6. The number of rotatable bonds is 2. The van der Waals surface area contributed by atoms with Gasteiger partial charge in [0.05, 0.1) is 22.1 Å². The maximum atomic E-state index is 5.37. The molecule has 4 aromatic carbocycles. The summed E-state index contributed by atoms with van der Waals surface area (Å²) < 4.78 is 4.66. The second-order valence-electron chi connectivity index (χ2n) is 13.0. The van der Waals surface area contributed by atoms with Crippen LogP contribution in [0.5, 0.6) is 0 Å². The van der Waals surface area contributed by atoms with Crippen LogP contribution in [0.2, 0.25) is 0 Å². The molecule has 0 saturated heterocycles. The summed E-state index contributed by atoms with van der Waals surface area (Å²) in [5.74, 6) is 1.85. The minimum Gasteiger partial charge on any atom is -0.294 e. The Kier molecular flexibility index (Phi) is 5.28. The largest absolute Gasteiger partial charge is 0.294 e. The monoisotopic (exact) mass is 521 g/mol. The highest BCUT2D eigenvalue weighted by atomic mass is 15.1. The molecule has 0 aliphatic heterocycles. The van der Waals surface area contributed by atoms with Crippen molar-refractivity contribution < 1.29 is 0 Å². The fourth-order valence-electron chi connectivity index (χ4n) is 6.03. The SMILES string of the molecule is CC(C)(C)c1ccc2c3ccccc3n(-c3cccc(-n4c5ccccc5c5ccc(C(C)(C)C)cc54)n3)c2c1. The predicted molar refractivity (Wildman–Crippen MR) is 170 cm³/mol. The van der Waals surface area contributed by atoms with Crippen LogP contribution in [0.3, 0.4) is 0 Å². The summed E-state index contributed by atoms with van der Waals surface area (Å²) in [6, 6.07) is 37.5. The van der Waals surface area contributed by atoms with Gasteiger partial charge in [-0.3, -0.25) is 9.13 Å². The zero-order chi connectivity index (χ0) is 27.8. The van der Waals surface area contributed by atoms with Crippen molar-refractivity contribution in [2.24, 2.45) is 0 Å². The van der Waals surface area contributed by atoms with Crippen LogP contribution in [0.25, 0.3) is 55.2 Å². The van der Waals surface area contributed by atoms with Gasteiger partial charge in [-0.1, -0.05) is 108 Å². The maximum absolute atomic E-state index is 5.37. The van der Waals surface area contributed by atoms with Gasteiger partial charge in [-0.2, -0.15) is 0 Å². The molecule has 3 heteroatoms. The third kappa shape index (κ3) is 3.76. The fraction of sp³-hybridized carbons (Fsp3) is 0.216. The van der Waals surface area contributed by atoms with E-state index < -0.39 is 0 Å². The predicted octanol–water partition coefficient (Wildman–Crippen LogP) is 9.87. The number of aromatic nitrogens is 3. The van der Waals surface area contributed by atoms with E-state index in [2.05, 4.69) is 154 Å². The van der Waals surface area contributed by atoms with Crippen molar-refractivity contribution in [2.75, 3.05) is 0 Å². The van der Waals surface area contributed by atoms with Gasteiger partial charge >= 0.3 is 0 Å². The van der Waals surface area contributed by atoms with Crippen molar-refractivity contribution in [3.05, 3.63) is 114 Å². The van der Waals surface area contributed by atoms with E-state index >= 15 is 0 Å². The summed E-state index contributed by atoms with van der Waals surface area (Å²) in [6.07, 6.45) is 0.